The Morgan fingerprint density at radius 3 is 2.36 bits per heavy atom. The second-order valence-electron chi connectivity index (χ2n) is 12.1. The first-order chi connectivity index (χ1) is 21.4. The van der Waals surface area contributed by atoms with Crippen molar-refractivity contribution in [2.45, 2.75) is 64.7 Å². The van der Waals surface area contributed by atoms with Crippen molar-refractivity contribution >= 4 is 21.9 Å². The second kappa shape index (κ2) is 11.7. The fourth-order valence-corrected chi connectivity index (χ4v) is 7.25. The van der Waals surface area contributed by atoms with Crippen molar-refractivity contribution in [1.82, 2.24) is 24.8 Å². The lowest BCUT2D eigenvalue weighted by Gasteiger charge is -2.29. The number of fused-ring (bicyclic) bond motifs is 6. The zero-order valence-electron chi connectivity index (χ0n) is 26.1. The van der Waals surface area contributed by atoms with Crippen molar-refractivity contribution in [3.8, 4) is 22.9 Å². The Labute approximate surface area is 264 Å². The van der Waals surface area contributed by atoms with Gasteiger partial charge in [0.15, 0.2) is 11.6 Å². The number of ether oxygens (including phenoxy) is 2. The van der Waals surface area contributed by atoms with Gasteiger partial charge in [-0.25, -0.2) is 28.1 Å². The fraction of sp³-hybridized carbons (Fsp3) is 0.364. The van der Waals surface area contributed by atoms with E-state index >= 15 is 0 Å². The van der Waals surface area contributed by atoms with Crippen LogP contribution in [0.3, 0.4) is 0 Å². The maximum Gasteiger partial charge on any atom is 0.264 e. The fourth-order valence-electron chi connectivity index (χ4n) is 6.26. The summed E-state index contributed by atoms with van der Waals surface area (Å²) in [6.07, 6.45) is 2.67. The Morgan fingerprint density at radius 2 is 1.69 bits per heavy atom. The Hall–Kier alpha value is -4.58. The van der Waals surface area contributed by atoms with Gasteiger partial charge in [-0.3, -0.25) is 4.79 Å². The van der Waals surface area contributed by atoms with Crippen molar-refractivity contribution in [1.29, 1.82) is 0 Å². The van der Waals surface area contributed by atoms with E-state index in [1.54, 1.807) is 35.5 Å². The van der Waals surface area contributed by atoms with E-state index in [0.717, 1.165) is 16.7 Å². The van der Waals surface area contributed by atoms with E-state index in [0.29, 0.717) is 17.3 Å². The standard InChI is InChI=1S/C33H36N6O5S.H2/c1-18(2)28-26-17-39(30(28)31-34-15-23(16-35-31)43-19(3)4)32(40)22-11-8-12-24(13-22)45(41,42)38-33-36-25(14-27(37-33)44-26)29-20(5)9-7-10-21(29)6;/h7-16,18-19,26,28,30H,17H2,1-6H3,(H,36,37,38);1H. The third kappa shape index (κ3) is 5.94. The van der Waals surface area contributed by atoms with Gasteiger partial charge in [-0.15, -0.1) is 0 Å². The lowest BCUT2D eigenvalue weighted by Crippen LogP contribution is -2.34. The highest BCUT2D eigenvalue weighted by molar-refractivity contribution is 7.92. The van der Waals surface area contributed by atoms with Crippen LogP contribution in [0.4, 0.5) is 5.95 Å². The molecule has 12 heteroatoms. The molecule has 1 fully saturated rings. The van der Waals surface area contributed by atoms with Gasteiger partial charge in [-0.2, -0.15) is 4.98 Å². The molecule has 0 aliphatic carbocycles. The Morgan fingerprint density at radius 1 is 1.00 bits per heavy atom. The molecule has 0 radical (unpaired) electrons. The van der Waals surface area contributed by atoms with Crippen LogP contribution in [0.1, 0.15) is 62.5 Å². The molecule has 4 aromatic rings. The van der Waals surface area contributed by atoms with E-state index < -0.39 is 22.2 Å². The summed E-state index contributed by atoms with van der Waals surface area (Å²) < 4.78 is 42.0. The molecule has 2 aromatic heterocycles. The predicted octanol–water partition coefficient (Wildman–Crippen LogP) is 5.61. The molecule has 3 atom stereocenters. The number of carbonyl (C=O) groups is 1. The average Bonchev–Trinajstić information content (AvgIpc) is 3.35. The molecule has 6 rings (SSSR count). The Kier molecular flexibility index (Phi) is 7.94. The first-order valence-corrected chi connectivity index (χ1v) is 16.4. The van der Waals surface area contributed by atoms with Gasteiger partial charge < -0.3 is 14.4 Å². The van der Waals surface area contributed by atoms with E-state index in [4.69, 9.17) is 9.47 Å². The zero-order chi connectivity index (χ0) is 32.0. The van der Waals surface area contributed by atoms with Gasteiger partial charge >= 0.3 is 0 Å². The second-order valence-corrected chi connectivity index (χ2v) is 13.8. The van der Waals surface area contributed by atoms with Crippen LogP contribution in [0.2, 0.25) is 0 Å². The molecule has 2 aliphatic heterocycles. The molecule has 1 N–H and O–H groups in total. The molecule has 0 saturated carbocycles. The van der Waals surface area contributed by atoms with Gasteiger partial charge in [0.25, 0.3) is 15.9 Å². The normalized spacial score (nSPS) is 20.6. The summed E-state index contributed by atoms with van der Waals surface area (Å²) in [4.78, 5) is 34.2. The number of sulfonamides is 1. The molecule has 1 amide bonds. The number of aryl methyl sites for hydroxylation is 2. The van der Waals surface area contributed by atoms with Crippen LogP contribution < -0.4 is 14.2 Å². The number of anilines is 1. The molecular formula is C33H38N6O5S. The molecule has 236 valence electrons. The summed E-state index contributed by atoms with van der Waals surface area (Å²) in [5.74, 6) is 0.503. The maximum absolute atomic E-state index is 14.2. The molecule has 6 bridgehead atoms. The van der Waals surface area contributed by atoms with Crippen LogP contribution in [0, 0.1) is 25.7 Å². The summed E-state index contributed by atoms with van der Waals surface area (Å²) in [5, 5.41) is 0. The predicted molar refractivity (Wildman–Crippen MR) is 171 cm³/mol. The lowest BCUT2D eigenvalue weighted by atomic mass is 9.86. The first kappa shape index (κ1) is 30.4. The minimum atomic E-state index is -4.16. The molecule has 3 unspecified atom stereocenters. The van der Waals surface area contributed by atoms with E-state index in [-0.39, 0.29) is 54.1 Å². The van der Waals surface area contributed by atoms with Crippen LogP contribution >= 0.6 is 0 Å². The molecule has 11 nitrogen and oxygen atoms in total. The minimum absolute atomic E-state index is 0. The summed E-state index contributed by atoms with van der Waals surface area (Å²) >= 11 is 0. The highest BCUT2D eigenvalue weighted by Gasteiger charge is 2.49. The summed E-state index contributed by atoms with van der Waals surface area (Å²) in [5.41, 5.74) is 3.53. The first-order valence-electron chi connectivity index (χ1n) is 15.0. The van der Waals surface area contributed by atoms with E-state index in [9.17, 15) is 13.2 Å². The summed E-state index contributed by atoms with van der Waals surface area (Å²) in [6, 6.07) is 13.0. The quantitative estimate of drug-likeness (QED) is 0.298. The van der Waals surface area contributed by atoms with Gasteiger partial charge in [-0.1, -0.05) is 38.1 Å². The van der Waals surface area contributed by atoms with Crippen molar-refractivity contribution < 1.29 is 24.1 Å². The molecule has 1 saturated heterocycles. The van der Waals surface area contributed by atoms with Crippen LogP contribution in [0.15, 0.2) is 65.8 Å². The van der Waals surface area contributed by atoms with Gasteiger partial charge in [0, 0.05) is 24.5 Å². The molecular weight excluding hydrogens is 592 g/mol. The molecule has 2 aliphatic rings. The summed E-state index contributed by atoms with van der Waals surface area (Å²) in [6.45, 7) is 12.1. The van der Waals surface area contributed by atoms with Crippen molar-refractivity contribution in [2.75, 3.05) is 11.3 Å². The minimum Gasteiger partial charge on any atom is -0.488 e. The Balaban J connectivity index is 0.00000417. The molecule has 2 aromatic carbocycles. The largest absolute Gasteiger partial charge is 0.488 e. The van der Waals surface area contributed by atoms with E-state index in [1.165, 1.54) is 12.1 Å². The number of nitrogens with zero attached hydrogens (tertiary/aromatic N) is 5. The summed E-state index contributed by atoms with van der Waals surface area (Å²) in [7, 11) is -4.16. The number of benzene rings is 2. The number of rotatable bonds is 5. The molecule has 45 heavy (non-hydrogen) atoms. The smallest absolute Gasteiger partial charge is 0.264 e. The topological polar surface area (TPSA) is 136 Å². The third-order valence-corrected chi connectivity index (χ3v) is 9.48. The molecule has 0 spiro atoms. The number of nitrogens with one attached hydrogen (secondary N) is 1. The van der Waals surface area contributed by atoms with Crippen LogP contribution in [-0.2, 0) is 10.0 Å². The van der Waals surface area contributed by atoms with Crippen LogP contribution in [0.25, 0.3) is 11.3 Å². The van der Waals surface area contributed by atoms with Crippen LogP contribution in [-0.4, -0.2) is 57.9 Å². The highest BCUT2D eigenvalue weighted by atomic mass is 32.2. The highest BCUT2D eigenvalue weighted by Crippen LogP contribution is 2.43. The van der Waals surface area contributed by atoms with Gasteiger partial charge in [0.2, 0.25) is 11.8 Å². The number of hydrogen-bond donors (Lipinski definition) is 1. The zero-order valence-corrected chi connectivity index (χ0v) is 26.9. The number of amides is 1. The van der Waals surface area contributed by atoms with E-state index in [1.807, 2.05) is 45.9 Å². The van der Waals surface area contributed by atoms with Gasteiger partial charge in [0.1, 0.15) is 6.10 Å². The van der Waals surface area contributed by atoms with Crippen molar-refractivity contribution in [3.63, 3.8) is 0 Å². The SMILES string of the molecule is Cc1cccc(C)c1-c1cc2nc(n1)NS(=O)(=O)c1cccc(c1)C(=O)N1CC(O2)C(C(C)C)C1c1ncc(OC(C)C)cn1.[HH]. The Bertz CT molecular complexity index is 1850. The van der Waals surface area contributed by atoms with Gasteiger partial charge in [-0.05, 0) is 62.9 Å². The average molecular weight is 631 g/mol. The van der Waals surface area contributed by atoms with Crippen molar-refractivity contribution in [2.24, 2.45) is 11.8 Å². The number of aromatic nitrogens is 4. The van der Waals surface area contributed by atoms with Crippen molar-refractivity contribution in [3.05, 3.63) is 83.4 Å². The van der Waals surface area contributed by atoms with Gasteiger partial charge in [0.05, 0.1) is 41.7 Å². The molecule has 4 heterocycles. The maximum atomic E-state index is 14.2. The monoisotopic (exact) mass is 630 g/mol. The number of hydrogen-bond acceptors (Lipinski definition) is 9. The van der Waals surface area contributed by atoms with Crippen LogP contribution in [0.5, 0.6) is 11.6 Å². The third-order valence-electron chi connectivity index (χ3n) is 8.15. The van der Waals surface area contributed by atoms with E-state index in [2.05, 4.69) is 38.5 Å². The lowest BCUT2D eigenvalue weighted by molar-refractivity contribution is 0.0697. The number of carbonyl (C=O) groups excluding carboxylic acids is 1.